The molecule has 0 saturated heterocycles. The third kappa shape index (κ3) is 6.47. The molecule has 0 spiro atoms. The molecule has 1 saturated carbocycles. The molecule has 1 aliphatic carbocycles. The summed E-state index contributed by atoms with van der Waals surface area (Å²) in [5, 5.41) is 4.48. The van der Waals surface area contributed by atoms with Crippen molar-refractivity contribution in [1.29, 1.82) is 0 Å². The normalized spacial score (nSPS) is 16.7. The largest absolute Gasteiger partial charge is 0.573 e. The van der Waals surface area contributed by atoms with Gasteiger partial charge in [0.1, 0.15) is 17.8 Å². The van der Waals surface area contributed by atoms with Gasteiger partial charge in [-0.05, 0) is 102 Å². The molecule has 1 aliphatic rings. The highest BCUT2D eigenvalue weighted by Crippen LogP contribution is 2.50. The van der Waals surface area contributed by atoms with Crippen LogP contribution in [0.4, 0.5) is 13.2 Å². The highest BCUT2D eigenvalue weighted by molar-refractivity contribution is 7.80. The van der Waals surface area contributed by atoms with E-state index in [2.05, 4.69) is 52.9 Å². The highest BCUT2D eigenvalue weighted by Gasteiger charge is 2.38. The summed E-state index contributed by atoms with van der Waals surface area (Å²) in [7, 11) is 1.68. The van der Waals surface area contributed by atoms with Gasteiger partial charge in [-0.3, -0.25) is 0 Å². The molecular weight excluding hydrogens is 523 g/mol. The van der Waals surface area contributed by atoms with Crippen molar-refractivity contribution >= 4 is 17.1 Å². The number of aryl methyl sites for hydroxylation is 2. The molecule has 1 heterocycles. The number of alkyl halides is 3. The summed E-state index contributed by atoms with van der Waals surface area (Å²) in [4.78, 5) is 5.46. The second-order valence-corrected chi connectivity index (χ2v) is 10.5. The van der Waals surface area contributed by atoms with Crippen LogP contribution >= 0.6 is 12.2 Å². The Kier molecular flexibility index (Phi) is 7.44. The SMILES string of the molecule is COc1cc(C)c(CC(=S)CC2CC2c2ccc(-c3ncn(-c4ccc(OC(F)(F)F)cc4)n3)cc2)c(C)c1. The van der Waals surface area contributed by atoms with Crippen LogP contribution in [0.2, 0.25) is 0 Å². The summed E-state index contributed by atoms with van der Waals surface area (Å²) >= 11 is 5.79. The topological polar surface area (TPSA) is 49.2 Å². The first-order chi connectivity index (χ1) is 18.6. The number of rotatable bonds is 9. The fraction of sp³-hybridized carbons (Fsp3) is 0.300. The molecule has 0 N–H and O–H groups in total. The van der Waals surface area contributed by atoms with Gasteiger partial charge in [0, 0.05) is 12.0 Å². The Hall–Kier alpha value is -3.72. The first kappa shape index (κ1) is 26.9. The lowest BCUT2D eigenvalue weighted by Gasteiger charge is -2.13. The number of hydrogen-bond acceptors (Lipinski definition) is 5. The summed E-state index contributed by atoms with van der Waals surface area (Å²) in [6.45, 7) is 4.21. The predicted octanol–water partition coefficient (Wildman–Crippen LogP) is 7.56. The Bertz CT molecular complexity index is 1460. The van der Waals surface area contributed by atoms with Crippen molar-refractivity contribution in [1.82, 2.24) is 14.8 Å². The molecular formula is C30H28F3N3O2S. The summed E-state index contributed by atoms with van der Waals surface area (Å²) in [5.74, 6) is 2.19. The van der Waals surface area contributed by atoms with E-state index in [1.165, 1.54) is 57.5 Å². The molecule has 0 amide bonds. The van der Waals surface area contributed by atoms with E-state index in [-0.39, 0.29) is 5.75 Å². The number of nitrogens with zero attached hydrogens (tertiary/aromatic N) is 3. The summed E-state index contributed by atoms with van der Waals surface area (Å²) < 4.78 is 48.0. The van der Waals surface area contributed by atoms with Crippen molar-refractivity contribution in [2.75, 3.05) is 7.11 Å². The van der Waals surface area contributed by atoms with Crippen LogP contribution in [-0.4, -0.2) is 33.1 Å². The molecule has 0 bridgehead atoms. The third-order valence-electron chi connectivity index (χ3n) is 7.12. The molecule has 2 atom stereocenters. The number of halogens is 3. The van der Waals surface area contributed by atoms with E-state index in [0.717, 1.165) is 35.4 Å². The first-order valence-electron chi connectivity index (χ1n) is 12.6. The van der Waals surface area contributed by atoms with E-state index in [1.54, 1.807) is 7.11 Å². The fourth-order valence-electron chi connectivity index (χ4n) is 4.99. The van der Waals surface area contributed by atoms with E-state index < -0.39 is 6.36 Å². The lowest BCUT2D eigenvalue weighted by Crippen LogP contribution is -2.17. The van der Waals surface area contributed by atoms with Crippen molar-refractivity contribution in [3.05, 3.63) is 89.2 Å². The summed E-state index contributed by atoms with van der Waals surface area (Å²) in [5.41, 5.74) is 6.44. The van der Waals surface area contributed by atoms with Gasteiger partial charge in [-0.25, -0.2) is 9.67 Å². The molecule has 1 fully saturated rings. The van der Waals surface area contributed by atoms with E-state index in [1.807, 2.05) is 12.1 Å². The molecule has 2 unspecified atom stereocenters. The molecule has 1 aromatic heterocycles. The molecule has 39 heavy (non-hydrogen) atoms. The molecule has 5 nitrogen and oxygen atoms in total. The number of benzene rings is 3. The van der Waals surface area contributed by atoms with Crippen molar-refractivity contribution in [3.63, 3.8) is 0 Å². The number of ether oxygens (including phenoxy) is 2. The smallest absolute Gasteiger partial charge is 0.497 e. The molecule has 0 aliphatic heterocycles. The second-order valence-electron chi connectivity index (χ2n) is 9.94. The van der Waals surface area contributed by atoms with Crippen molar-refractivity contribution in [2.24, 2.45) is 5.92 Å². The summed E-state index contributed by atoms with van der Waals surface area (Å²) in [6.07, 6.45) is -0.319. The Morgan fingerprint density at radius 2 is 1.67 bits per heavy atom. The number of aromatic nitrogens is 3. The number of thiocarbonyl (C=S) groups is 1. The molecule has 9 heteroatoms. The highest BCUT2D eigenvalue weighted by atomic mass is 32.1. The Balaban J connectivity index is 1.18. The average Bonchev–Trinajstić information content (AvgIpc) is 3.47. The van der Waals surface area contributed by atoms with Crippen LogP contribution in [0, 0.1) is 19.8 Å². The minimum atomic E-state index is -4.73. The first-order valence-corrected chi connectivity index (χ1v) is 13.0. The Labute approximate surface area is 230 Å². The van der Waals surface area contributed by atoms with Gasteiger partial charge < -0.3 is 9.47 Å². The zero-order chi connectivity index (χ0) is 27.7. The van der Waals surface area contributed by atoms with E-state index in [9.17, 15) is 13.2 Å². The third-order valence-corrected chi connectivity index (χ3v) is 7.43. The maximum Gasteiger partial charge on any atom is 0.573 e. The van der Waals surface area contributed by atoms with Gasteiger partial charge in [0.05, 0.1) is 12.8 Å². The fourth-order valence-corrected chi connectivity index (χ4v) is 5.35. The van der Waals surface area contributed by atoms with Crippen molar-refractivity contribution in [2.45, 2.75) is 45.4 Å². The number of methoxy groups -OCH3 is 1. The van der Waals surface area contributed by atoms with Crippen LogP contribution in [0.1, 0.15) is 41.0 Å². The molecule has 3 aromatic carbocycles. The zero-order valence-corrected chi connectivity index (χ0v) is 22.6. The maximum atomic E-state index is 12.4. The lowest BCUT2D eigenvalue weighted by molar-refractivity contribution is -0.274. The quantitative estimate of drug-likeness (QED) is 0.201. The van der Waals surface area contributed by atoms with Gasteiger partial charge in [0.25, 0.3) is 0 Å². The van der Waals surface area contributed by atoms with Crippen molar-refractivity contribution in [3.8, 4) is 28.6 Å². The minimum absolute atomic E-state index is 0.285. The second kappa shape index (κ2) is 10.8. The van der Waals surface area contributed by atoms with Crippen LogP contribution in [0.5, 0.6) is 11.5 Å². The van der Waals surface area contributed by atoms with Crippen LogP contribution in [0.3, 0.4) is 0 Å². The average molecular weight is 552 g/mol. The van der Waals surface area contributed by atoms with Crippen LogP contribution in [0.15, 0.2) is 67.0 Å². The van der Waals surface area contributed by atoms with Crippen LogP contribution in [-0.2, 0) is 6.42 Å². The standard InChI is InChI=1S/C30H28F3N3O2S/c1-18-12-25(37-3)13-19(2)27(18)16-26(39)14-22-15-28(22)20-4-6-21(7-5-20)29-34-17-36(35-29)23-8-10-24(11-9-23)38-30(31,32)33/h4-13,17,22,28H,14-16H2,1-3H3. The van der Waals surface area contributed by atoms with Gasteiger partial charge in [-0.15, -0.1) is 18.3 Å². The molecule has 0 radical (unpaired) electrons. The van der Waals surface area contributed by atoms with Gasteiger partial charge in [-0.2, -0.15) is 0 Å². The molecule has 4 aromatic rings. The van der Waals surface area contributed by atoms with Gasteiger partial charge in [0.15, 0.2) is 5.82 Å². The minimum Gasteiger partial charge on any atom is -0.497 e. The van der Waals surface area contributed by atoms with Gasteiger partial charge in [-0.1, -0.05) is 36.5 Å². The monoisotopic (exact) mass is 551 g/mol. The van der Waals surface area contributed by atoms with E-state index in [4.69, 9.17) is 17.0 Å². The molecule has 202 valence electrons. The Morgan fingerprint density at radius 3 is 2.28 bits per heavy atom. The van der Waals surface area contributed by atoms with Gasteiger partial charge >= 0.3 is 6.36 Å². The lowest BCUT2D eigenvalue weighted by atomic mass is 9.96. The Morgan fingerprint density at radius 1 is 1.00 bits per heavy atom. The van der Waals surface area contributed by atoms with Gasteiger partial charge in [0.2, 0.25) is 0 Å². The maximum absolute atomic E-state index is 12.4. The van der Waals surface area contributed by atoms with Crippen LogP contribution in [0.25, 0.3) is 17.1 Å². The summed E-state index contributed by atoms with van der Waals surface area (Å²) in [6, 6.07) is 17.9. The van der Waals surface area contributed by atoms with Crippen LogP contribution < -0.4 is 9.47 Å². The molecule has 5 rings (SSSR count). The van der Waals surface area contributed by atoms with E-state index in [0.29, 0.717) is 23.3 Å². The van der Waals surface area contributed by atoms with Crippen molar-refractivity contribution < 1.29 is 22.6 Å². The predicted molar refractivity (Wildman–Crippen MR) is 148 cm³/mol. The zero-order valence-electron chi connectivity index (χ0n) is 21.8. The van der Waals surface area contributed by atoms with E-state index >= 15 is 0 Å². The number of hydrogen-bond donors (Lipinski definition) is 0.